The van der Waals surface area contributed by atoms with Crippen LogP contribution >= 0.6 is 34.4 Å². The first kappa shape index (κ1) is 14.1. The number of benzene rings is 1. The Morgan fingerprint density at radius 3 is 2.75 bits per heavy atom. The molecule has 1 aromatic carbocycles. The minimum absolute atomic E-state index is 0.295. The van der Waals surface area contributed by atoms with Crippen molar-refractivity contribution in [3.8, 4) is 0 Å². The summed E-state index contributed by atoms with van der Waals surface area (Å²) < 4.78 is 1.03. The number of unbranched alkanes of at least 4 members (excludes halogenated alkanes) is 1. The summed E-state index contributed by atoms with van der Waals surface area (Å²) in [7, 11) is 0. The van der Waals surface area contributed by atoms with E-state index in [1.54, 1.807) is 11.8 Å². The van der Waals surface area contributed by atoms with Crippen LogP contribution in [0.25, 0.3) is 0 Å². The average Bonchev–Trinajstić information content (AvgIpc) is 2.34. The molecule has 1 nitrogen and oxygen atoms in total. The zero-order valence-electron chi connectivity index (χ0n) is 9.40. The van der Waals surface area contributed by atoms with Gasteiger partial charge in [0.15, 0.2) is 0 Å². The van der Waals surface area contributed by atoms with Gasteiger partial charge in [-0.25, -0.2) is 0 Å². The highest BCUT2D eigenvalue weighted by atomic mass is 127. The zero-order chi connectivity index (χ0) is 11.8. The van der Waals surface area contributed by atoms with E-state index in [2.05, 4.69) is 41.6 Å². The van der Waals surface area contributed by atoms with Crippen LogP contribution in [0.1, 0.15) is 26.2 Å². The Labute approximate surface area is 115 Å². The van der Waals surface area contributed by atoms with E-state index < -0.39 is 0 Å². The van der Waals surface area contributed by atoms with E-state index >= 15 is 0 Å². The average molecular weight is 348 g/mol. The van der Waals surface area contributed by atoms with Crippen LogP contribution in [0.4, 0.5) is 0 Å². The Morgan fingerprint density at radius 1 is 1.44 bits per heavy atom. The van der Waals surface area contributed by atoms with Gasteiger partial charge in [-0.15, -0.1) is 0 Å². The molecule has 1 atom stereocenters. The fraction of sp³-hybridized carbons (Fsp3) is 0.385. The maximum atomic E-state index is 9.84. The molecule has 1 rings (SSSR count). The Morgan fingerprint density at radius 2 is 2.12 bits per heavy atom. The van der Waals surface area contributed by atoms with Gasteiger partial charge in [0.2, 0.25) is 0 Å². The second-order valence-electron chi connectivity index (χ2n) is 3.59. The first-order valence-corrected chi connectivity index (χ1v) is 7.45. The number of rotatable bonds is 6. The molecule has 0 aromatic heterocycles. The summed E-state index contributed by atoms with van der Waals surface area (Å²) in [6, 6.07) is 10.2. The molecule has 1 aromatic rings. The van der Waals surface area contributed by atoms with Gasteiger partial charge in [0.25, 0.3) is 0 Å². The fourth-order valence-electron chi connectivity index (χ4n) is 1.24. The second kappa shape index (κ2) is 8.14. The van der Waals surface area contributed by atoms with Crippen LogP contribution in [0, 0.1) is 0 Å². The third-order valence-corrected chi connectivity index (χ3v) is 4.57. The standard InChI is InChI=1S/C13H17IOS/c1-2-3-9-13(15)12(14)10-16-11-7-5-4-6-8-11/h4-8,10,13,15H,2-3,9H2,1H3/b12-10-. The molecule has 0 amide bonds. The van der Waals surface area contributed by atoms with Crippen molar-refractivity contribution < 1.29 is 5.11 Å². The molecule has 0 fully saturated rings. The van der Waals surface area contributed by atoms with Gasteiger partial charge in [0.05, 0.1) is 6.10 Å². The molecule has 88 valence electrons. The van der Waals surface area contributed by atoms with E-state index in [9.17, 15) is 5.11 Å². The Kier molecular flexibility index (Phi) is 7.16. The molecule has 1 unspecified atom stereocenters. The minimum atomic E-state index is -0.295. The normalized spacial score (nSPS) is 13.8. The summed E-state index contributed by atoms with van der Waals surface area (Å²) in [4.78, 5) is 1.21. The highest BCUT2D eigenvalue weighted by Gasteiger charge is 2.06. The lowest BCUT2D eigenvalue weighted by Gasteiger charge is -2.08. The lowest BCUT2D eigenvalue weighted by Crippen LogP contribution is -2.05. The van der Waals surface area contributed by atoms with Gasteiger partial charge in [-0.2, -0.15) is 0 Å². The molecule has 0 saturated carbocycles. The van der Waals surface area contributed by atoms with Gasteiger partial charge in [-0.3, -0.25) is 0 Å². The monoisotopic (exact) mass is 348 g/mol. The predicted octanol–water partition coefficient (Wildman–Crippen LogP) is 4.61. The third-order valence-electron chi connectivity index (χ3n) is 2.20. The summed E-state index contributed by atoms with van der Waals surface area (Å²) in [6.07, 6.45) is 2.78. The van der Waals surface area contributed by atoms with E-state index in [1.165, 1.54) is 4.90 Å². The van der Waals surface area contributed by atoms with Crippen molar-refractivity contribution in [3.63, 3.8) is 0 Å². The van der Waals surface area contributed by atoms with Crippen LogP contribution in [0.15, 0.2) is 44.2 Å². The summed E-state index contributed by atoms with van der Waals surface area (Å²) >= 11 is 3.89. The van der Waals surface area contributed by atoms with E-state index in [4.69, 9.17) is 0 Å². The van der Waals surface area contributed by atoms with Crippen LogP contribution < -0.4 is 0 Å². The molecular formula is C13H17IOS. The van der Waals surface area contributed by atoms with E-state index in [-0.39, 0.29) is 6.10 Å². The van der Waals surface area contributed by atoms with Gasteiger partial charge < -0.3 is 5.11 Å². The second-order valence-corrected chi connectivity index (χ2v) is 5.78. The predicted molar refractivity (Wildman–Crippen MR) is 79.9 cm³/mol. The number of hydrogen-bond donors (Lipinski definition) is 1. The largest absolute Gasteiger partial charge is 0.388 e. The van der Waals surface area contributed by atoms with Crippen LogP contribution in [0.2, 0.25) is 0 Å². The van der Waals surface area contributed by atoms with Crippen LogP contribution in [-0.2, 0) is 0 Å². The van der Waals surface area contributed by atoms with Crippen molar-refractivity contribution in [2.75, 3.05) is 0 Å². The quantitative estimate of drug-likeness (QED) is 0.599. The van der Waals surface area contributed by atoms with Crippen LogP contribution in [0.3, 0.4) is 0 Å². The smallest absolute Gasteiger partial charge is 0.0851 e. The number of aliphatic hydroxyl groups excluding tert-OH is 1. The third kappa shape index (κ3) is 5.37. The zero-order valence-corrected chi connectivity index (χ0v) is 12.4. The molecule has 0 radical (unpaired) electrons. The van der Waals surface area contributed by atoms with Gasteiger partial charge in [0.1, 0.15) is 0 Å². The molecule has 0 heterocycles. The van der Waals surface area contributed by atoms with Gasteiger partial charge in [0, 0.05) is 8.48 Å². The van der Waals surface area contributed by atoms with Crippen LogP contribution in [-0.4, -0.2) is 11.2 Å². The summed E-state index contributed by atoms with van der Waals surface area (Å²) in [5.74, 6) is 0. The molecule has 0 aliphatic carbocycles. The number of thioether (sulfide) groups is 1. The first-order valence-electron chi connectivity index (χ1n) is 5.49. The minimum Gasteiger partial charge on any atom is -0.388 e. The van der Waals surface area contributed by atoms with Crippen molar-refractivity contribution in [2.24, 2.45) is 0 Å². The highest BCUT2D eigenvalue weighted by Crippen LogP contribution is 2.25. The van der Waals surface area contributed by atoms with Gasteiger partial charge >= 0.3 is 0 Å². The lowest BCUT2D eigenvalue weighted by atomic mass is 10.2. The molecule has 0 spiro atoms. The highest BCUT2D eigenvalue weighted by molar-refractivity contribution is 14.1. The number of aliphatic hydroxyl groups is 1. The molecule has 0 aliphatic rings. The summed E-state index contributed by atoms with van der Waals surface area (Å²) in [5.41, 5.74) is 0. The Bertz CT molecular complexity index is 324. The molecule has 0 saturated heterocycles. The molecule has 0 aliphatic heterocycles. The topological polar surface area (TPSA) is 20.2 Å². The molecule has 3 heteroatoms. The maximum absolute atomic E-state index is 9.84. The number of hydrogen-bond acceptors (Lipinski definition) is 2. The van der Waals surface area contributed by atoms with Crippen molar-refractivity contribution >= 4 is 34.4 Å². The fourth-order valence-corrected chi connectivity index (χ4v) is 2.65. The summed E-state index contributed by atoms with van der Waals surface area (Å²) in [6.45, 7) is 2.14. The number of halogens is 1. The maximum Gasteiger partial charge on any atom is 0.0851 e. The van der Waals surface area contributed by atoms with E-state index in [0.717, 1.165) is 22.8 Å². The van der Waals surface area contributed by atoms with Gasteiger partial charge in [-0.05, 0) is 46.6 Å². The van der Waals surface area contributed by atoms with Crippen molar-refractivity contribution in [3.05, 3.63) is 39.3 Å². The molecule has 16 heavy (non-hydrogen) atoms. The van der Waals surface area contributed by atoms with Crippen molar-refractivity contribution in [2.45, 2.75) is 37.2 Å². The molecule has 1 N–H and O–H groups in total. The van der Waals surface area contributed by atoms with E-state index in [0.29, 0.717) is 0 Å². The SMILES string of the molecule is CCCCC(O)/C(I)=C/Sc1ccccc1. The Hall–Kier alpha value is -0.000000000000000111. The summed E-state index contributed by atoms with van der Waals surface area (Å²) in [5, 5.41) is 11.9. The van der Waals surface area contributed by atoms with Crippen LogP contribution in [0.5, 0.6) is 0 Å². The van der Waals surface area contributed by atoms with E-state index in [1.807, 2.05) is 23.6 Å². The van der Waals surface area contributed by atoms with Gasteiger partial charge in [-0.1, -0.05) is 49.7 Å². The Balaban J connectivity index is 2.44. The molecular weight excluding hydrogens is 331 g/mol. The lowest BCUT2D eigenvalue weighted by molar-refractivity contribution is 0.207. The molecule has 0 bridgehead atoms. The van der Waals surface area contributed by atoms with Crippen molar-refractivity contribution in [1.29, 1.82) is 0 Å². The first-order chi connectivity index (χ1) is 7.74. The van der Waals surface area contributed by atoms with Crippen molar-refractivity contribution in [1.82, 2.24) is 0 Å².